The number of furan rings is 1. The van der Waals surface area contributed by atoms with Crippen LogP contribution in [-0.4, -0.2) is 71.0 Å². The molecule has 9 nitrogen and oxygen atoms in total. The molecule has 35 heavy (non-hydrogen) atoms. The lowest BCUT2D eigenvalue weighted by atomic mass is 10.1. The fourth-order valence-corrected chi connectivity index (χ4v) is 5.07. The Balaban J connectivity index is 1.41. The van der Waals surface area contributed by atoms with E-state index in [1.165, 1.54) is 0 Å². The summed E-state index contributed by atoms with van der Waals surface area (Å²) < 4.78 is 17.5. The molecule has 2 aliphatic rings. The highest BCUT2D eigenvalue weighted by atomic mass is 16.5. The van der Waals surface area contributed by atoms with Gasteiger partial charge in [-0.15, -0.1) is 0 Å². The molecule has 0 radical (unpaired) electrons. The van der Waals surface area contributed by atoms with Crippen LogP contribution in [0.1, 0.15) is 12.0 Å². The summed E-state index contributed by atoms with van der Waals surface area (Å²) in [7, 11) is 0. The molecule has 0 unspecified atom stereocenters. The van der Waals surface area contributed by atoms with E-state index in [9.17, 15) is 0 Å². The van der Waals surface area contributed by atoms with Crippen LogP contribution in [0.3, 0.4) is 0 Å². The van der Waals surface area contributed by atoms with Crippen molar-refractivity contribution in [2.75, 3.05) is 51.1 Å². The third-order valence-electron chi connectivity index (χ3n) is 6.80. The van der Waals surface area contributed by atoms with Crippen LogP contribution in [0, 0.1) is 0 Å². The molecule has 9 heteroatoms. The highest BCUT2D eigenvalue weighted by Crippen LogP contribution is 2.36. The lowest BCUT2D eigenvalue weighted by Crippen LogP contribution is -2.37. The summed E-state index contributed by atoms with van der Waals surface area (Å²) in [4.78, 5) is 22.6. The van der Waals surface area contributed by atoms with E-state index >= 15 is 0 Å². The predicted octanol–water partition coefficient (Wildman–Crippen LogP) is 3.94. The Morgan fingerprint density at radius 1 is 0.971 bits per heavy atom. The number of nitrogens with zero attached hydrogens (tertiary/aromatic N) is 5. The number of ether oxygens (including phenoxy) is 2. The summed E-state index contributed by atoms with van der Waals surface area (Å²) in [5, 5.41) is 2.01. The van der Waals surface area contributed by atoms with Crippen LogP contribution in [0.4, 0.5) is 5.82 Å². The van der Waals surface area contributed by atoms with Crippen LogP contribution in [-0.2, 0) is 16.0 Å². The number of anilines is 1. The maximum absolute atomic E-state index is 6.28. The first-order chi connectivity index (χ1) is 17.3. The molecular weight excluding hydrogens is 444 g/mol. The van der Waals surface area contributed by atoms with Gasteiger partial charge in [0.25, 0.3) is 0 Å². The maximum Gasteiger partial charge on any atom is 0.229 e. The van der Waals surface area contributed by atoms with Gasteiger partial charge in [0, 0.05) is 61.6 Å². The van der Waals surface area contributed by atoms with E-state index in [-0.39, 0.29) is 0 Å². The Morgan fingerprint density at radius 2 is 1.91 bits per heavy atom. The topological polar surface area (TPSA) is 92.5 Å². The number of pyridine rings is 1. The fourth-order valence-electron chi connectivity index (χ4n) is 5.07. The number of fused-ring (bicyclic) bond motifs is 4. The summed E-state index contributed by atoms with van der Waals surface area (Å²) in [5.74, 6) is 1.48. The minimum atomic E-state index is 0.583. The van der Waals surface area contributed by atoms with E-state index in [4.69, 9.17) is 23.9 Å². The Hall–Kier alpha value is -3.53. The van der Waals surface area contributed by atoms with Crippen molar-refractivity contribution in [2.24, 2.45) is 0 Å². The fraction of sp³-hybridized carbons (Fsp3) is 0.346. The average molecular weight is 471 g/mol. The SMILES string of the molecule is c1cc(-c2nc(N3CCOCC3)c3oc4ncc(CN5CCCOC5)cc4c3n2)c2cc[nH]c2c1. The smallest absolute Gasteiger partial charge is 0.229 e. The molecule has 2 aliphatic heterocycles. The lowest BCUT2D eigenvalue weighted by molar-refractivity contribution is -0.0177. The van der Waals surface area contributed by atoms with E-state index < -0.39 is 0 Å². The number of aromatic nitrogens is 4. The standard InChI is InChI=1S/C26H26N6O3/c1-3-19(18-5-6-27-21(18)4-1)24-29-22-20-13-17(15-31-7-2-10-34-16-31)14-28-26(20)35-23(22)25(30-24)32-8-11-33-12-9-32/h1,3-6,13-14,27H,2,7-12,15-16H2. The summed E-state index contributed by atoms with van der Waals surface area (Å²) >= 11 is 0. The van der Waals surface area contributed by atoms with Gasteiger partial charge < -0.3 is 23.8 Å². The van der Waals surface area contributed by atoms with E-state index in [1.807, 2.05) is 18.5 Å². The summed E-state index contributed by atoms with van der Waals surface area (Å²) in [6.45, 7) is 6.12. The van der Waals surface area contributed by atoms with Gasteiger partial charge >= 0.3 is 0 Å². The van der Waals surface area contributed by atoms with Crippen LogP contribution in [0.2, 0.25) is 0 Å². The van der Waals surface area contributed by atoms with Crippen molar-refractivity contribution < 1.29 is 13.9 Å². The molecule has 2 fully saturated rings. The van der Waals surface area contributed by atoms with Crippen molar-refractivity contribution in [2.45, 2.75) is 13.0 Å². The number of hydrogen-bond acceptors (Lipinski definition) is 8. The largest absolute Gasteiger partial charge is 0.432 e. The molecule has 1 N–H and O–H groups in total. The molecule has 0 saturated carbocycles. The van der Waals surface area contributed by atoms with Crippen LogP contribution >= 0.6 is 0 Å². The predicted molar refractivity (Wildman–Crippen MR) is 133 cm³/mol. The van der Waals surface area contributed by atoms with Gasteiger partial charge in [-0.1, -0.05) is 12.1 Å². The second-order valence-corrected chi connectivity index (χ2v) is 9.13. The number of morpholine rings is 1. The molecule has 6 heterocycles. The van der Waals surface area contributed by atoms with Crippen LogP contribution in [0.5, 0.6) is 0 Å². The first-order valence-corrected chi connectivity index (χ1v) is 12.1. The lowest BCUT2D eigenvalue weighted by Gasteiger charge is -2.27. The second kappa shape index (κ2) is 8.60. The van der Waals surface area contributed by atoms with E-state index in [1.54, 1.807) is 0 Å². The zero-order valence-corrected chi connectivity index (χ0v) is 19.4. The molecule has 7 rings (SSSR count). The number of hydrogen-bond donors (Lipinski definition) is 1. The van der Waals surface area contributed by atoms with E-state index in [0.717, 1.165) is 78.0 Å². The first kappa shape index (κ1) is 20.8. The van der Waals surface area contributed by atoms with Crippen molar-refractivity contribution >= 4 is 38.9 Å². The van der Waals surface area contributed by atoms with Gasteiger partial charge in [0.15, 0.2) is 17.2 Å². The zero-order valence-electron chi connectivity index (χ0n) is 19.4. The molecule has 5 aromatic rings. The van der Waals surface area contributed by atoms with Crippen molar-refractivity contribution in [1.82, 2.24) is 24.8 Å². The van der Waals surface area contributed by atoms with Gasteiger partial charge in [-0.25, -0.2) is 15.0 Å². The van der Waals surface area contributed by atoms with E-state index in [2.05, 4.69) is 44.0 Å². The highest BCUT2D eigenvalue weighted by Gasteiger charge is 2.24. The maximum atomic E-state index is 6.28. The van der Waals surface area contributed by atoms with Gasteiger partial charge in [0.05, 0.1) is 25.3 Å². The number of aromatic amines is 1. The number of rotatable bonds is 4. The molecule has 0 amide bonds. The number of nitrogens with one attached hydrogen (secondary N) is 1. The Morgan fingerprint density at radius 3 is 2.80 bits per heavy atom. The van der Waals surface area contributed by atoms with Gasteiger partial charge in [-0.2, -0.15) is 0 Å². The zero-order chi connectivity index (χ0) is 23.2. The van der Waals surface area contributed by atoms with Gasteiger partial charge in [0.1, 0.15) is 5.52 Å². The van der Waals surface area contributed by atoms with Gasteiger partial charge in [0.2, 0.25) is 5.71 Å². The van der Waals surface area contributed by atoms with Gasteiger partial charge in [-0.05, 0) is 30.2 Å². The van der Waals surface area contributed by atoms with Crippen molar-refractivity contribution in [1.29, 1.82) is 0 Å². The van der Waals surface area contributed by atoms with Crippen molar-refractivity contribution in [3.8, 4) is 11.4 Å². The van der Waals surface area contributed by atoms with Crippen molar-refractivity contribution in [3.05, 3.63) is 48.3 Å². The minimum Gasteiger partial charge on any atom is -0.432 e. The van der Waals surface area contributed by atoms with Crippen LogP contribution in [0.15, 0.2) is 47.1 Å². The highest BCUT2D eigenvalue weighted by molar-refractivity contribution is 6.06. The normalized spacial score (nSPS) is 17.7. The summed E-state index contributed by atoms with van der Waals surface area (Å²) in [6.07, 6.45) is 4.89. The molecule has 178 valence electrons. The molecule has 1 aromatic carbocycles. The van der Waals surface area contributed by atoms with Crippen molar-refractivity contribution in [3.63, 3.8) is 0 Å². The van der Waals surface area contributed by atoms with Crippen LogP contribution in [0.25, 0.3) is 44.5 Å². The molecule has 0 spiro atoms. The monoisotopic (exact) mass is 470 g/mol. The molecule has 2 saturated heterocycles. The minimum absolute atomic E-state index is 0.583. The third kappa shape index (κ3) is 3.72. The molecule has 0 atom stereocenters. The number of benzene rings is 1. The Bertz CT molecular complexity index is 1510. The average Bonchev–Trinajstić information content (AvgIpc) is 3.54. The second-order valence-electron chi connectivity index (χ2n) is 9.13. The molecule has 0 aliphatic carbocycles. The quantitative estimate of drug-likeness (QED) is 0.422. The molecule has 0 bridgehead atoms. The first-order valence-electron chi connectivity index (χ1n) is 12.1. The molecule has 4 aromatic heterocycles. The summed E-state index contributed by atoms with van der Waals surface area (Å²) in [6, 6.07) is 10.4. The number of H-pyrrole nitrogens is 1. The molecular formula is C26H26N6O3. The van der Waals surface area contributed by atoms with Crippen LogP contribution < -0.4 is 4.90 Å². The Labute approximate surface area is 201 Å². The summed E-state index contributed by atoms with van der Waals surface area (Å²) in [5.41, 5.74) is 5.22. The Kier molecular flexibility index (Phi) is 5.11. The van der Waals surface area contributed by atoms with Gasteiger partial charge in [-0.3, -0.25) is 4.90 Å². The third-order valence-corrected chi connectivity index (χ3v) is 6.80. The van der Waals surface area contributed by atoms with E-state index in [0.29, 0.717) is 37.1 Å².